The Morgan fingerprint density at radius 1 is 0.762 bits per heavy atom. The van der Waals surface area contributed by atoms with Crippen LogP contribution in [0.4, 0.5) is 0 Å². The van der Waals surface area contributed by atoms with Crippen LogP contribution < -0.4 is 0 Å². The number of hydrogen-bond acceptors (Lipinski definition) is 1. The zero-order valence-electron chi connectivity index (χ0n) is 13.9. The van der Waals surface area contributed by atoms with Gasteiger partial charge in [-0.05, 0) is 38.2 Å². The van der Waals surface area contributed by atoms with Gasteiger partial charge in [0.2, 0.25) is 0 Å². The average molecular weight is 288 g/mol. The second kappa shape index (κ2) is 16.7. The fraction of sp³-hybridized carbons (Fsp3) is 0.550. The van der Waals surface area contributed by atoms with Gasteiger partial charge < -0.3 is 0 Å². The number of carbonyl (C=O) groups is 1. The van der Waals surface area contributed by atoms with Gasteiger partial charge in [0.05, 0.1) is 0 Å². The molecule has 0 aromatic rings. The Bertz CT molecular complexity index is 345. The molecular weight excluding hydrogens is 256 g/mol. The van der Waals surface area contributed by atoms with E-state index < -0.39 is 0 Å². The van der Waals surface area contributed by atoms with E-state index in [0.717, 1.165) is 25.7 Å². The maximum atomic E-state index is 11.4. The summed E-state index contributed by atoms with van der Waals surface area (Å²) >= 11 is 0. The standard InChI is InChI=1S/C20H32O/c1-3-5-7-8-9-10-11-12-13-14-15-16-17-19-20(21)18-6-4-2/h9-10,12-13,15-17,19H,3-8,11,14,18H2,1-2H3/b10-9-,13-12-,16-15-,19-17+. The van der Waals surface area contributed by atoms with E-state index in [1.165, 1.54) is 25.7 Å². The van der Waals surface area contributed by atoms with Crippen molar-refractivity contribution in [2.45, 2.75) is 71.6 Å². The molecule has 0 aromatic carbocycles. The number of allylic oxidation sites excluding steroid dienone is 8. The van der Waals surface area contributed by atoms with Gasteiger partial charge in [-0.3, -0.25) is 4.79 Å². The van der Waals surface area contributed by atoms with Gasteiger partial charge >= 0.3 is 0 Å². The molecule has 1 nitrogen and oxygen atoms in total. The highest BCUT2D eigenvalue weighted by molar-refractivity contribution is 5.89. The molecule has 0 aliphatic rings. The molecule has 0 fully saturated rings. The third kappa shape index (κ3) is 16.6. The molecule has 0 saturated heterocycles. The molecule has 0 rings (SSSR count). The molecule has 0 aromatic heterocycles. The van der Waals surface area contributed by atoms with E-state index in [4.69, 9.17) is 0 Å². The molecule has 0 atom stereocenters. The molecule has 0 spiro atoms. The number of rotatable bonds is 13. The molecule has 1 heteroatoms. The van der Waals surface area contributed by atoms with Crippen molar-refractivity contribution in [3.63, 3.8) is 0 Å². The van der Waals surface area contributed by atoms with Crippen LogP contribution in [0.25, 0.3) is 0 Å². The fourth-order valence-corrected chi connectivity index (χ4v) is 1.83. The highest BCUT2D eigenvalue weighted by atomic mass is 16.1. The summed E-state index contributed by atoms with van der Waals surface area (Å²) in [5.74, 6) is 0.227. The van der Waals surface area contributed by atoms with Crippen molar-refractivity contribution in [3.05, 3.63) is 48.6 Å². The maximum Gasteiger partial charge on any atom is 0.155 e. The lowest BCUT2D eigenvalue weighted by molar-refractivity contribution is -0.114. The van der Waals surface area contributed by atoms with Gasteiger partial charge in [-0.15, -0.1) is 0 Å². The Kier molecular flexibility index (Phi) is 15.6. The summed E-state index contributed by atoms with van der Waals surface area (Å²) in [4.78, 5) is 11.4. The SMILES string of the molecule is CCCCC/C=C\C/C=C\C/C=C\C=C\C(=O)CCCC. The Morgan fingerprint density at radius 3 is 2.14 bits per heavy atom. The quantitative estimate of drug-likeness (QED) is 0.167. The summed E-state index contributed by atoms with van der Waals surface area (Å²) in [5, 5.41) is 0. The molecule has 0 heterocycles. The highest BCUT2D eigenvalue weighted by Crippen LogP contribution is 2.01. The first-order chi connectivity index (χ1) is 10.3. The zero-order chi connectivity index (χ0) is 15.6. The topological polar surface area (TPSA) is 17.1 Å². The van der Waals surface area contributed by atoms with Gasteiger partial charge in [0.25, 0.3) is 0 Å². The fourth-order valence-electron chi connectivity index (χ4n) is 1.83. The number of ketones is 1. The van der Waals surface area contributed by atoms with Crippen molar-refractivity contribution in [2.75, 3.05) is 0 Å². The molecule has 21 heavy (non-hydrogen) atoms. The van der Waals surface area contributed by atoms with Crippen LogP contribution >= 0.6 is 0 Å². The Labute approximate surface area is 131 Å². The van der Waals surface area contributed by atoms with Gasteiger partial charge in [-0.2, -0.15) is 0 Å². The van der Waals surface area contributed by atoms with Crippen LogP contribution in [0, 0.1) is 0 Å². The lowest BCUT2D eigenvalue weighted by Gasteiger charge is -1.90. The molecule has 0 aliphatic heterocycles. The molecule has 0 amide bonds. The second-order valence-electron chi connectivity index (χ2n) is 5.27. The summed E-state index contributed by atoms with van der Waals surface area (Å²) in [5.41, 5.74) is 0. The summed E-state index contributed by atoms with van der Waals surface area (Å²) in [6.45, 7) is 4.33. The van der Waals surface area contributed by atoms with Crippen LogP contribution in [-0.4, -0.2) is 5.78 Å². The molecule has 0 saturated carbocycles. The van der Waals surface area contributed by atoms with Crippen LogP contribution in [0.15, 0.2) is 48.6 Å². The highest BCUT2D eigenvalue weighted by Gasteiger charge is 1.92. The van der Waals surface area contributed by atoms with Gasteiger partial charge in [0, 0.05) is 6.42 Å². The lowest BCUT2D eigenvalue weighted by Crippen LogP contribution is -1.90. The smallest absolute Gasteiger partial charge is 0.155 e. The summed E-state index contributed by atoms with van der Waals surface area (Å²) in [6.07, 6.45) is 26.2. The molecule has 118 valence electrons. The van der Waals surface area contributed by atoms with Gasteiger partial charge in [0.1, 0.15) is 0 Å². The Morgan fingerprint density at radius 2 is 1.43 bits per heavy atom. The van der Waals surface area contributed by atoms with Crippen LogP contribution in [0.2, 0.25) is 0 Å². The average Bonchev–Trinajstić information content (AvgIpc) is 2.49. The summed E-state index contributed by atoms with van der Waals surface area (Å²) in [6, 6.07) is 0. The first-order valence-electron chi connectivity index (χ1n) is 8.47. The monoisotopic (exact) mass is 288 g/mol. The first kappa shape index (κ1) is 19.6. The first-order valence-corrected chi connectivity index (χ1v) is 8.47. The van der Waals surface area contributed by atoms with Crippen LogP contribution in [0.1, 0.15) is 71.6 Å². The lowest BCUT2D eigenvalue weighted by atomic mass is 10.2. The minimum Gasteiger partial charge on any atom is -0.295 e. The van der Waals surface area contributed by atoms with Gasteiger partial charge in [-0.25, -0.2) is 0 Å². The van der Waals surface area contributed by atoms with E-state index in [2.05, 4.69) is 44.2 Å². The number of carbonyl (C=O) groups excluding carboxylic acids is 1. The predicted molar refractivity (Wildman–Crippen MR) is 94.5 cm³/mol. The van der Waals surface area contributed by atoms with E-state index in [1.807, 2.05) is 12.2 Å². The Hall–Kier alpha value is -1.37. The van der Waals surface area contributed by atoms with E-state index in [9.17, 15) is 4.79 Å². The summed E-state index contributed by atoms with van der Waals surface area (Å²) in [7, 11) is 0. The Balaban J connectivity index is 3.55. The molecule has 0 bridgehead atoms. The van der Waals surface area contributed by atoms with Gasteiger partial charge in [-0.1, -0.05) is 75.6 Å². The summed E-state index contributed by atoms with van der Waals surface area (Å²) < 4.78 is 0. The van der Waals surface area contributed by atoms with Crippen molar-refractivity contribution >= 4 is 5.78 Å². The zero-order valence-corrected chi connectivity index (χ0v) is 13.9. The van der Waals surface area contributed by atoms with Crippen molar-refractivity contribution in [1.29, 1.82) is 0 Å². The maximum absolute atomic E-state index is 11.4. The van der Waals surface area contributed by atoms with Crippen LogP contribution in [-0.2, 0) is 4.79 Å². The molecule has 0 N–H and O–H groups in total. The molecular formula is C20H32O. The van der Waals surface area contributed by atoms with E-state index in [0.29, 0.717) is 6.42 Å². The number of hydrogen-bond donors (Lipinski definition) is 0. The van der Waals surface area contributed by atoms with Crippen LogP contribution in [0.3, 0.4) is 0 Å². The second-order valence-corrected chi connectivity index (χ2v) is 5.27. The largest absolute Gasteiger partial charge is 0.295 e. The third-order valence-electron chi connectivity index (χ3n) is 3.16. The number of unbranched alkanes of at least 4 members (excludes halogenated alkanes) is 4. The van der Waals surface area contributed by atoms with Crippen molar-refractivity contribution in [1.82, 2.24) is 0 Å². The normalized spacial score (nSPS) is 12.5. The predicted octanol–water partition coefficient (Wildman–Crippen LogP) is 6.33. The molecule has 0 aliphatic carbocycles. The van der Waals surface area contributed by atoms with Gasteiger partial charge in [0.15, 0.2) is 5.78 Å². The third-order valence-corrected chi connectivity index (χ3v) is 3.16. The minimum absolute atomic E-state index is 0.227. The van der Waals surface area contributed by atoms with Crippen molar-refractivity contribution in [3.8, 4) is 0 Å². The van der Waals surface area contributed by atoms with E-state index >= 15 is 0 Å². The van der Waals surface area contributed by atoms with E-state index in [-0.39, 0.29) is 5.78 Å². The minimum atomic E-state index is 0.227. The van der Waals surface area contributed by atoms with Crippen molar-refractivity contribution in [2.24, 2.45) is 0 Å². The van der Waals surface area contributed by atoms with Crippen LogP contribution in [0.5, 0.6) is 0 Å². The molecule has 0 unspecified atom stereocenters. The van der Waals surface area contributed by atoms with E-state index in [1.54, 1.807) is 6.08 Å². The molecule has 0 radical (unpaired) electrons. The van der Waals surface area contributed by atoms with Crippen molar-refractivity contribution < 1.29 is 4.79 Å².